The van der Waals surface area contributed by atoms with Crippen LogP contribution < -0.4 is 0 Å². The van der Waals surface area contributed by atoms with E-state index in [1.165, 1.54) is 5.76 Å². The lowest BCUT2D eigenvalue weighted by atomic mass is 10.1. The topological polar surface area (TPSA) is 9.23 Å². The highest BCUT2D eigenvalue weighted by Gasteiger charge is 2.18. The fourth-order valence-corrected chi connectivity index (χ4v) is 2.25. The molecule has 0 rings (SSSR count). The van der Waals surface area contributed by atoms with Crippen molar-refractivity contribution in [2.75, 3.05) is 0 Å². The average molecular weight is 214 g/mol. The number of rotatable bonds is 5. The van der Waals surface area contributed by atoms with Gasteiger partial charge in [0.1, 0.15) is 0 Å². The standard InChI is InChI=1S/C12H26OSi/c1-10(2)8-12(9-11(3)4)13-14(5,6)7/h8,10-11H,9H2,1-7H3/b12-8+. The van der Waals surface area contributed by atoms with Crippen molar-refractivity contribution in [3.05, 3.63) is 11.8 Å². The van der Waals surface area contributed by atoms with Gasteiger partial charge in [-0.1, -0.05) is 27.7 Å². The first-order valence-corrected chi connectivity index (χ1v) is 9.01. The number of hydrogen-bond acceptors (Lipinski definition) is 1. The normalized spacial score (nSPS) is 13.9. The van der Waals surface area contributed by atoms with E-state index >= 15 is 0 Å². The maximum absolute atomic E-state index is 6.06. The van der Waals surface area contributed by atoms with Crippen molar-refractivity contribution in [2.45, 2.75) is 53.8 Å². The van der Waals surface area contributed by atoms with Crippen LogP contribution in [0.25, 0.3) is 0 Å². The van der Waals surface area contributed by atoms with Gasteiger partial charge in [-0.2, -0.15) is 0 Å². The molecule has 2 heteroatoms. The van der Waals surface area contributed by atoms with Gasteiger partial charge in [0, 0.05) is 6.42 Å². The van der Waals surface area contributed by atoms with Crippen molar-refractivity contribution in [2.24, 2.45) is 11.8 Å². The van der Waals surface area contributed by atoms with Crippen LogP contribution >= 0.6 is 0 Å². The Morgan fingerprint density at radius 2 is 1.64 bits per heavy atom. The van der Waals surface area contributed by atoms with Crippen molar-refractivity contribution in [3.8, 4) is 0 Å². The summed E-state index contributed by atoms with van der Waals surface area (Å²) < 4.78 is 6.06. The van der Waals surface area contributed by atoms with Gasteiger partial charge >= 0.3 is 0 Å². The van der Waals surface area contributed by atoms with Crippen molar-refractivity contribution in [1.29, 1.82) is 0 Å². The maximum atomic E-state index is 6.06. The molecule has 0 aromatic rings. The zero-order valence-electron chi connectivity index (χ0n) is 10.8. The molecule has 0 radical (unpaired) electrons. The van der Waals surface area contributed by atoms with Crippen molar-refractivity contribution >= 4 is 8.32 Å². The molecule has 0 spiro atoms. The predicted octanol–water partition coefficient (Wildman–Crippen LogP) is 4.42. The van der Waals surface area contributed by atoms with Gasteiger partial charge in [0.25, 0.3) is 0 Å². The summed E-state index contributed by atoms with van der Waals surface area (Å²) in [7, 11) is -1.42. The molecule has 0 aliphatic heterocycles. The molecule has 0 bridgehead atoms. The minimum Gasteiger partial charge on any atom is -0.548 e. The molecule has 0 aromatic heterocycles. The highest BCUT2D eigenvalue weighted by molar-refractivity contribution is 6.70. The minimum absolute atomic E-state index is 0.583. The molecular formula is C12H26OSi. The SMILES string of the molecule is CC(C)/C=C(\CC(C)C)O[Si](C)(C)C. The van der Waals surface area contributed by atoms with E-state index in [1.54, 1.807) is 0 Å². The Hall–Kier alpha value is -0.243. The second kappa shape index (κ2) is 5.59. The van der Waals surface area contributed by atoms with Gasteiger partial charge < -0.3 is 4.43 Å². The van der Waals surface area contributed by atoms with Crippen LogP contribution in [0.3, 0.4) is 0 Å². The first-order valence-electron chi connectivity index (χ1n) is 5.60. The van der Waals surface area contributed by atoms with Crippen LogP contribution in [0.5, 0.6) is 0 Å². The van der Waals surface area contributed by atoms with E-state index in [1.807, 2.05) is 0 Å². The molecule has 0 aliphatic carbocycles. The number of allylic oxidation sites excluding steroid dienone is 2. The zero-order chi connectivity index (χ0) is 11.4. The molecule has 0 unspecified atom stereocenters. The van der Waals surface area contributed by atoms with E-state index in [4.69, 9.17) is 4.43 Å². The maximum Gasteiger partial charge on any atom is 0.241 e. The van der Waals surface area contributed by atoms with E-state index in [9.17, 15) is 0 Å². The monoisotopic (exact) mass is 214 g/mol. The molecule has 0 heterocycles. The minimum atomic E-state index is -1.42. The average Bonchev–Trinajstić information content (AvgIpc) is 1.77. The lowest BCUT2D eigenvalue weighted by molar-refractivity contribution is 0.370. The lowest BCUT2D eigenvalue weighted by Crippen LogP contribution is -2.25. The first kappa shape index (κ1) is 13.8. The van der Waals surface area contributed by atoms with Crippen molar-refractivity contribution < 1.29 is 4.43 Å². The van der Waals surface area contributed by atoms with Crippen LogP contribution in [-0.4, -0.2) is 8.32 Å². The van der Waals surface area contributed by atoms with Gasteiger partial charge in [-0.3, -0.25) is 0 Å². The van der Waals surface area contributed by atoms with E-state index in [0.29, 0.717) is 11.8 Å². The fraction of sp³-hybridized carbons (Fsp3) is 0.833. The second-order valence-electron chi connectivity index (χ2n) is 5.69. The van der Waals surface area contributed by atoms with E-state index < -0.39 is 8.32 Å². The predicted molar refractivity (Wildman–Crippen MR) is 66.8 cm³/mol. The fourth-order valence-electron chi connectivity index (χ4n) is 1.31. The summed E-state index contributed by atoms with van der Waals surface area (Å²) in [5.74, 6) is 2.46. The summed E-state index contributed by atoms with van der Waals surface area (Å²) >= 11 is 0. The quantitative estimate of drug-likeness (QED) is 0.486. The van der Waals surface area contributed by atoms with Crippen LogP contribution in [0.1, 0.15) is 34.1 Å². The molecule has 0 atom stereocenters. The molecule has 0 amide bonds. The second-order valence-corrected chi connectivity index (χ2v) is 10.1. The van der Waals surface area contributed by atoms with Crippen molar-refractivity contribution in [3.63, 3.8) is 0 Å². The Bertz CT molecular complexity index is 187. The molecule has 0 saturated heterocycles. The summed E-state index contributed by atoms with van der Waals surface area (Å²) in [4.78, 5) is 0. The Morgan fingerprint density at radius 3 is 1.93 bits per heavy atom. The van der Waals surface area contributed by atoms with Gasteiger partial charge in [0.05, 0.1) is 5.76 Å². The highest BCUT2D eigenvalue weighted by Crippen LogP contribution is 2.19. The largest absolute Gasteiger partial charge is 0.548 e. The third-order valence-electron chi connectivity index (χ3n) is 1.57. The van der Waals surface area contributed by atoms with Gasteiger partial charge in [0.15, 0.2) is 0 Å². The van der Waals surface area contributed by atoms with Crippen LogP contribution in [0.2, 0.25) is 19.6 Å². The van der Waals surface area contributed by atoms with Gasteiger partial charge in [0.2, 0.25) is 8.32 Å². The zero-order valence-corrected chi connectivity index (χ0v) is 11.8. The van der Waals surface area contributed by atoms with Gasteiger partial charge in [-0.25, -0.2) is 0 Å². The molecular weight excluding hydrogens is 188 g/mol. The summed E-state index contributed by atoms with van der Waals surface area (Å²) in [5.41, 5.74) is 0. The third kappa shape index (κ3) is 8.36. The van der Waals surface area contributed by atoms with Crippen LogP contribution in [0, 0.1) is 11.8 Å². The summed E-state index contributed by atoms with van der Waals surface area (Å²) in [6.45, 7) is 15.6. The Balaban J connectivity index is 4.41. The smallest absolute Gasteiger partial charge is 0.241 e. The van der Waals surface area contributed by atoms with Crippen molar-refractivity contribution in [1.82, 2.24) is 0 Å². The summed E-state index contributed by atoms with van der Waals surface area (Å²) in [6.07, 6.45) is 3.33. The Morgan fingerprint density at radius 1 is 1.14 bits per heavy atom. The van der Waals surface area contributed by atoms with Gasteiger partial charge in [-0.15, -0.1) is 0 Å². The van der Waals surface area contributed by atoms with Gasteiger partial charge in [-0.05, 0) is 37.6 Å². The molecule has 0 aliphatic rings. The summed E-state index contributed by atoms with van der Waals surface area (Å²) in [5, 5.41) is 0. The number of hydrogen-bond donors (Lipinski definition) is 0. The summed E-state index contributed by atoms with van der Waals surface area (Å²) in [6, 6.07) is 0. The Kier molecular flexibility index (Phi) is 5.50. The van der Waals surface area contributed by atoms with Crippen LogP contribution in [0.15, 0.2) is 11.8 Å². The first-order chi connectivity index (χ1) is 6.20. The molecule has 84 valence electrons. The van der Waals surface area contributed by atoms with E-state index in [-0.39, 0.29) is 0 Å². The molecule has 0 fully saturated rings. The molecule has 14 heavy (non-hydrogen) atoms. The highest BCUT2D eigenvalue weighted by atomic mass is 28.4. The lowest BCUT2D eigenvalue weighted by Gasteiger charge is -2.23. The molecule has 0 saturated carbocycles. The van der Waals surface area contributed by atoms with E-state index in [2.05, 4.69) is 53.4 Å². The molecule has 0 N–H and O–H groups in total. The molecule has 0 aromatic carbocycles. The third-order valence-corrected chi connectivity index (χ3v) is 2.44. The Labute approximate surface area is 90.7 Å². The molecule has 1 nitrogen and oxygen atoms in total. The van der Waals surface area contributed by atoms with Crippen LogP contribution in [-0.2, 0) is 4.43 Å². The van der Waals surface area contributed by atoms with Crippen LogP contribution in [0.4, 0.5) is 0 Å². The van der Waals surface area contributed by atoms with E-state index in [0.717, 1.165) is 6.42 Å².